The van der Waals surface area contributed by atoms with Crippen molar-refractivity contribution in [3.63, 3.8) is 0 Å². The van der Waals surface area contributed by atoms with Crippen LogP contribution in [0.25, 0.3) is 17.0 Å². The number of pyridine rings is 1. The number of aromatic nitrogens is 1. The van der Waals surface area contributed by atoms with Crippen molar-refractivity contribution in [2.45, 2.75) is 6.42 Å². The molecule has 1 aromatic heterocycles. The fraction of sp³-hybridized carbons (Fsp3) is 0.294. The molecule has 0 radical (unpaired) electrons. The molecule has 0 aliphatic carbocycles. The summed E-state index contributed by atoms with van der Waals surface area (Å²) in [6, 6.07) is 11.9. The summed E-state index contributed by atoms with van der Waals surface area (Å²) in [6.07, 6.45) is 4.39. The highest BCUT2D eigenvalue weighted by Gasteiger charge is 2.23. The molecule has 3 rings (SSSR count). The molecule has 1 saturated heterocycles. The van der Waals surface area contributed by atoms with Crippen molar-refractivity contribution < 1.29 is 4.79 Å². The minimum absolute atomic E-state index is 0.0425. The van der Waals surface area contributed by atoms with Gasteiger partial charge in [-0.2, -0.15) is 0 Å². The van der Waals surface area contributed by atoms with Crippen LogP contribution < -0.4 is 5.73 Å². The van der Waals surface area contributed by atoms with Crippen molar-refractivity contribution in [3.05, 3.63) is 48.2 Å². The van der Waals surface area contributed by atoms with Gasteiger partial charge in [0.2, 0.25) is 5.91 Å². The van der Waals surface area contributed by atoms with Crippen LogP contribution in [0, 0.1) is 5.92 Å². The van der Waals surface area contributed by atoms with E-state index in [-0.39, 0.29) is 5.91 Å². The minimum Gasteiger partial charge on any atom is -0.339 e. The van der Waals surface area contributed by atoms with E-state index < -0.39 is 0 Å². The standard InChI is InChI=1S/C17H19N3O/c18-11-13-9-10-20(12-13)17(21)8-7-15-6-5-14-3-1-2-4-16(14)19-15/h1-8,13H,9-12,18H2/b8-7+. The first-order chi connectivity index (χ1) is 10.3. The van der Waals surface area contributed by atoms with Crippen LogP contribution in [0.3, 0.4) is 0 Å². The molecule has 0 saturated carbocycles. The number of amides is 1. The van der Waals surface area contributed by atoms with Crippen LogP contribution in [0.15, 0.2) is 42.5 Å². The maximum atomic E-state index is 12.1. The highest BCUT2D eigenvalue weighted by molar-refractivity contribution is 5.92. The predicted molar refractivity (Wildman–Crippen MR) is 84.5 cm³/mol. The van der Waals surface area contributed by atoms with E-state index in [2.05, 4.69) is 4.98 Å². The molecule has 1 atom stereocenters. The number of hydrogen-bond donors (Lipinski definition) is 1. The number of nitrogens with zero attached hydrogens (tertiary/aromatic N) is 2. The van der Waals surface area contributed by atoms with Crippen molar-refractivity contribution in [2.24, 2.45) is 11.7 Å². The Bertz CT molecular complexity index is 681. The second-order valence-electron chi connectivity index (χ2n) is 5.44. The van der Waals surface area contributed by atoms with Crippen LogP contribution in [0.1, 0.15) is 12.1 Å². The van der Waals surface area contributed by atoms with Crippen LogP contribution >= 0.6 is 0 Å². The van der Waals surface area contributed by atoms with Gasteiger partial charge in [0.15, 0.2) is 0 Å². The maximum Gasteiger partial charge on any atom is 0.246 e. The number of rotatable bonds is 3. The van der Waals surface area contributed by atoms with Crippen LogP contribution in [-0.4, -0.2) is 35.4 Å². The van der Waals surface area contributed by atoms with Gasteiger partial charge in [-0.05, 0) is 37.1 Å². The zero-order valence-corrected chi connectivity index (χ0v) is 11.9. The summed E-state index contributed by atoms with van der Waals surface area (Å²) in [7, 11) is 0. The second kappa shape index (κ2) is 6.06. The second-order valence-corrected chi connectivity index (χ2v) is 5.44. The van der Waals surface area contributed by atoms with E-state index in [1.807, 2.05) is 41.3 Å². The van der Waals surface area contributed by atoms with Gasteiger partial charge in [0, 0.05) is 24.6 Å². The molecule has 1 unspecified atom stereocenters. The quantitative estimate of drug-likeness (QED) is 0.876. The Morgan fingerprint density at radius 3 is 3.00 bits per heavy atom. The molecule has 0 bridgehead atoms. The van der Waals surface area contributed by atoms with E-state index in [4.69, 9.17) is 5.73 Å². The molecule has 1 aromatic carbocycles. The summed E-state index contributed by atoms with van der Waals surface area (Å²) in [5.74, 6) is 0.488. The molecule has 4 heteroatoms. The van der Waals surface area contributed by atoms with Crippen LogP contribution in [0.5, 0.6) is 0 Å². The Labute approximate surface area is 124 Å². The number of carbonyl (C=O) groups is 1. The van der Waals surface area contributed by atoms with E-state index in [0.717, 1.165) is 36.1 Å². The Kier molecular flexibility index (Phi) is 3.97. The Morgan fingerprint density at radius 2 is 2.19 bits per heavy atom. The zero-order chi connectivity index (χ0) is 14.7. The molecule has 1 aliphatic rings. The van der Waals surface area contributed by atoms with Gasteiger partial charge < -0.3 is 10.6 Å². The summed E-state index contributed by atoms with van der Waals surface area (Å²) in [5, 5.41) is 1.10. The highest BCUT2D eigenvalue weighted by atomic mass is 16.2. The largest absolute Gasteiger partial charge is 0.339 e. The molecule has 2 aromatic rings. The van der Waals surface area contributed by atoms with E-state index in [1.54, 1.807) is 12.2 Å². The molecule has 2 N–H and O–H groups in total. The third kappa shape index (κ3) is 3.11. The Balaban J connectivity index is 1.71. The van der Waals surface area contributed by atoms with Crippen molar-refractivity contribution in [1.82, 2.24) is 9.88 Å². The molecule has 0 spiro atoms. The SMILES string of the molecule is NCC1CCN(C(=O)/C=C/c2ccc3ccccc3n2)C1. The van der Waals surface area contributed by atoms with Gasteiger partial charge in [-0.15, -0.1) is 0 Å². The lowest BCUT2D eigenvalue weighted by molar-refractivity contribution is -0.125. The number of carbonyl (C=O) groups excluding carboxylic acids is 1. The molecule has 1 amide bonds. The van der Waals surface area contributed by atoms with Crippen molar-refractivity contribution in [3.8, 4) is 0 Å². The Hall–Kier alpha value is -2.20. The molecule has 21 heavy (non-hydrogen) atoms. The van der Waals surface area contributed by atoms with Gasteiger partial charge in [-0.25, -0.2) is 4.98 Å². The van der Waals surface area contributed by atoms with E-state index in [1.165, 1.54) is 0 Å². The molecule has 1 aliphatic heterocycles. The van der Waals surface area contributed by atoms with Gasteiger partial charge >= 0.3 is 0 Å². The average molecular weight is 281 g/mol. The maximum absolute atomic E-state index is 12.1. The lowest BCUT2D eigenvalue weighted by atomic mass is 10.1. The highest BCUT2D eigenvalue weighted by Crippen LogP contribution is 2.16. The molecule has 1 fully saturated rings. The van der Waals surface area contributed by atoms with Gasteiger partial charge in [-0.1, -0.05) is 24.3 Å². The minimum atomic E-state index is 0.0425. The first-order valence-electron chi connectivity index (χ1n) is 7.29. The first-order valence-corrected chi connectivity index (χ1v) is 7.29. The summed E-state index contributed by atoms with van der Waals surface area (Å²) >= 11 is 0. The van der Waals surface area contributed by atoms with Gasteiger partial charge in [-0.3, -0.25) is 4.79 Å². The lowest BCUT2D eigenvalue weighted by Crippen LogP contribution is -2.28. The topological polar surface area (TPSA) is 59.2 Å². The number of para-hydroxylation sites is 1. The van der Waals surface area contributed by atoms with E-state index in [9.17, 15) is 4.79 Å². The van der Waals surface area contributed by atoms with E-state index in [0.29, 0.717) is 12.5 Å². The van der Waals surface area contributed by atoms with E-state index >= 15 is 0 Å². The molecule has 108 valence electrons. The third-order valence-electron chi connectivity index (χ3n) is 3.95. The third-order valence-corrected chi connectivity index (χ3v) is 3.95. The zero-order valence-electron chi connectivity index (χ0n) is 11.9. The summed E-state index contributed by atoms with van der Waals surface area (Å²) in [4.78, 5) is 18.5. The van der Waals surface area contributed by atoms with Gasteiger partial charge in [0.1, 0.15) is 0 Å². The van der Waals surface area contributed by atoms with Gasteiger partial charge in [0.05, 0.1) is 11.2 Å². The van der Waals surface area contributed by atoms with Crippen LogP contribution in [0.4, 0.5) is 0 Å². The number of nitrogens with two attached hydrogens (primary N) is 1. The monoisotopic (exact) mass is 281 g/mol. The summed E-state index contributed by atoms with van der Waals surface area (Å²) in [5.41, 5.74) is 7.39. The number of hydrogen-bond acceptors (Lipinski definition) is 3. The number of likely N-dealkylation sites (tertiary alicyclic amines) is 1. The number of benzene rings is 1. The molecular weight excluding hydrogens is 262 g/mol. The normalized spacial score (nSPS) is 18.7. The van der Waals surface area contributed by atoms with Crippen molar-refractivity contribution in [2.75, 3.05) is 19.6 Å². The predicted octanol–water partition coefficient (Wildman–Crippen LogP) is 2.06. The average Bonchev–Trinajstić information content (AvgIpc) is 3.01. The van der Waals surface area contributed by atoms with Crippen molar-refractivity contribution >= 4 is 22.9 Å². The van der Waals surface area contributed by atoms with Crippen LogP contribution in [0.2, 0.25) is 0 Å². The number of fused-ring (bicyclic) bond motifs is 1. The molecule has 2 heterocycles. The smallest absolute Gasteiger partial charge is 0.246 e. The molecular formula is C17H19N3O. The first kappa shape index (κ1) is 13.8. The molecule has 4 nitrogen and oxygen atoms in total. The summed E-state index contributed by atoms with van der Waals surface area (Å²) in [6.45, 7) is 2.22. The summed E-state index contributed by atoms with van der Waals surface area (Å²) < 4.78 is 0. The fourth-order valence-corrected chi connectivity index (χ4v) is 2.66. The lowest BCUT2D eigenvalue weighted by Gasteiger charge is -2.13. The fourth-order valence-electron chi connectivity index (χ4n) is 2.66. The van der Waals surface area contributed by atoms with Crippen molar-refractivity contribution in [1.29, 1.82) is 0 Å². The van der Waals surface area contributed by atoms with Crippen LogP contribution in [-0.2, 0) is 4.79 Å². The van der Waals surface area contributed by atoms with Gasteiger partial charge in [0.25, 0.3) is 0 Å². The Morgan fingerprint density at radius 1 is 1.33 bits per heavy atom.